The van der Waals surface area contributed by atoms with Crippen LogP contribution in [0.4, 0.5) is 0 Å². The highest BCUT2D eigenvalue weighted by Gasteiger charge is 2.44. The minimum Gasteiger partial charge on any atom is -0.383 e. The molecule has 0 amide bonds. The first-order valence-electron chi connectivity index (χ1n) is 9.34. The molecule has 0 radical (unpaired) electrons. The highest BCUT2D eigenvalue weighted by molar-refractivity contribution is 6.30. The molecule has 1 atom stereocenters. The van der Waals surface area contributed by atoms with Gasteiger partial charge in [-0.2, -0.15) is 5.10 Å². The van der Waals surface area contributed by atoms with Crippen molar-refractivity contribution in [3.63, 3.8) is 0 Å². The van der Waals surface area contributed by atoms with Gasteiger partial charge in [-0.05, 0) is 44.4 Å². The summed E-state index contributed by atoms with van der Waals surface area (Å²) < 4.78 is 1.68. The second kappa shape index (κ2) is 7.90. The fraction of sp³-hybridized carbons (Fsp3) is 0.500. The number of aliphatic hydroxyl groups is 1. The number of aryl methyl sites for hydroxylation is 1. The second-order valence-corrected chi connectivity index (χ2v) is 7.95. The molecule has 1 aromatic carbocycles. The Morgan fingerprint density at radius 1 is 1.41 bits per heavy atom. The molecular weight excluding hydrogens is 362 g/mol. The van der Waals surface area contributed by atoms with E-state index in [2.05, 4.69) is 26.8 Å². The maximum Gasteiger partial charge on any atom is 0.191 e. The van der Waals surface area contributed by atoms with Gasteiger partial charge in [-0.1, -0.05) is 23.7 Å². The first-order chi connectivity index (χ1) is 12.8. The quantitative estimate of drug-likeness (QED) is 0.502. The molecule has 146 valence electrons. The minimum atomic E-state index is -1.07. The molecule has 1 unspecified atom stereocenters. The molecule has 2 aromatic rings. The van der Waals surface area contributed by atoms with Gasteiger partial charge in [0.2, 0.25) is 0 Å². The number of guanidine groups is 1. The largest absolute Gasteiger partial charge is 0.383 e. The van der Waals surface area contributed by atoms with Gasteiger partial charge in [0.25, 0.3) is 0 Å². The Balaban J connectivity index is 1.66. The number of hydrogen-bond donors (Lipinski definition) is 3. The van der Waals surface area contributed by atoms with Crippen molar-refractivity contribution in [1.29, 1.82) is 0 Å². The Kier molecular flexibility index (Phi) is 5.77. The lowest BCUT2D eigenvalue weighted by molar-refractivity contribution is 0.0672. The summed E-state index contributed by atoms with van der Waals surface area (Å²) in [7, 11) is 1.83. The van der Waals surface area contributed by atoms with Gasteiger partial charge in [-0.25, -0.2) is 4.99 Å². The molecule has 1 fully saturated rings. The summed E-state index contributed by atoms with van der Waals surface area (Å²) in [5.74, 6) is 0.704. The Hall–Kier alpha value is -2.05. The maximum absolute atomic E-state index is 10.7. The van der Waals surface area contributed by atoms with Gasteiger partial charge in [-0.3, -0.25) is 4.68 Å². The number of aliphatic imine (C=N–C) groups is 1. The van der Waals surface area contributed by atoms with Gasteiger partial charge in [-0.15, -0.1) is 0 Å². The fourth-order valence-corrected chi connectivity index (χ4v) is 3.35. The smallest absolute Gasteiger partial charge is 0.191 e. The summed E-state index contributed by atoms with van der Waals surface area (Å²) in [6, 6.07) is 8.09. The molecule has 1 aliphatic carbocycles. The first kappa shape index (κ1) is 19.7. The van der Waals surface area contributed by atoms with Crippen molar-refractivity contribution < 1.29 is 5.11 Å². The van der Waals surface area contributed by atoms with Crippen LogP contribution in [0.1, 0.15) is 37.8 Å². The van der Waals surface area contributed by atoms with Gasteiger partial charge in [0.05, 0.1) is 12.7 Å². The molecule has 1 aromatic heterocycles. The molecule has 6 nitrogen and oxygen atoms in total. The van der Waals surface area contributed by atoms with Gasteiger partial charge >= 0.3 is 0 Å². The normalized spacial score (nSPS) is 18.0. The van der Waals surface area contributed by atoms with Crippen LogP contribution in [0, 0.1) is 0 Å². The fourth-order valence-electron chi connectivity index (χ4n) is 3.16. The summed E-state index contributed by atoms with van der Waals surface area (Å²) in [6.45, 7) is 5.57. The van der Waals surface area contributed by atoms with E-state index >= 15 is 0 Å². The number of rotatable bonds is 7. The average Bonchev–Trinajstić information content (AvgIpc) is 3.30. The van der Waals surface area contributed by atoms with Crippen LogP contribution in [0.25, 0.3) is 0 Å². The van der Waals surface area contributed by atoms with E-state index in [0.717, 1.165) is 36.5 Å². The predicted molar refractivity (Wildman–Crippen MR) is 109 cm³/mol. The first-order valence-corrected chi connectivity index (χ1v) is 9.72. The zero-order valence-corrected chi connectivity index (χ0v) is 16.9. The Bertz CT molecular complexity index is 810. The zero-order valence-electron chi connectivity index (χ0n) is 16.2. The number of halogens is 1. The summed E-state index contributed by atoms with van der Waals surface area (Å²) in [6.07, 6.45) is 5.75. The summed E-state index contributed by atoms with van der Waals surface area (Å²) in [5, 5.41) is 22.3. The average molecular weight is 390 g/mol. The van der Waals surface area contributed by atoms with Crippen molar-refractivity contribution >= 4 is 17.6 Å². The van der Waals surface area contributed by atoms with E-state index in [-0.39, 0.29) is 12.0 Å². The highest BCUT2D eigenvalue weighted by Crippen LogP contribution is 2.48. The van der Waals surface area contributed by atoms with E-state index in [9.17, 15) is 5.11 Å². The van der Waals surface area contributed by atoms with Crippen molar-refractivity contribution in [3.05, 3.63) is 52.8 Å². The van der Waals surface area contributed by atoms with Crippen molar-refractivity contribution in [2.45, 2.75) is 37.7 Å². The van der Waals surface area contributed by atoms with Crippen LogP contribution in [0.2, 0.25) is 5.02 Å². The van der Waals surface area contributed by atoms with E-state index in [1.807, 2.05) is 38.4 Å². The molecule has 0 spiro atoms. The third kappa shape index (κ3) is 4.82. The van der Waals surface area contributed by atoms with Crippen molar-refractivity contribution in [2.24, 2.45) is 12.0 Å². The maximum atomic E-state index is 10.7. The molecule has 1 heterocycles. The number of nitrogens with zero attached hydrogens (tertiary/aromatic N) is 3. The number of hydrogen-bond acceptors (Lipinski definition) is 3. The van der Waals surface area contributed by atoms with Crippen LogP contribution >= 0.6 is 11.6 Å². The molecule has 1 saturated carbocycles. The molecule has 1 aliphatic rings. The van der Waals surface area contributed by atoms with Crippen molar-refractivity contribution in [2.75, 3.05) is 19.6 Å². The second-order valence-electron chi connectivity index (χ2n) is 7.52. The molecule has 0 bridgehead atoms. The van der Waals surface area contributed by atoms with Crippen molar-refractivity contribution in [3.8, 4) is 0 Å². The topological polar surface area (TPSA) is 74.5 Å². The number of aromatic nitrogens is 2. The van der Waals surface area contributed by atoms with Gasteiger partial charge < -0.3 is 15.7 Å². The number of benzene rings is 1. The molecular formula is C20H28ClN5O. The van der Waals surface area contributed by atoms with E-state index in [0.29, 0.717) is 5.96 Å². The lowest BCUT2D eigenvalue weighted by Crippen LogP contribution is -2.42. The standard InChI is InChI=1S/C20H28ClN5O/c1-4-22-18(23-13-19(2,27)16-11-25-26(3)12-16)24-14-20(8-9-20)15-6-5-7-17(21)10-15/h5-7,10-12,27H,4,8-9,13-14H2,1-3H3,(H2,22,23,24). The van der Waals surface area contributed by atoms with Crippen LogP contribution in [0.3, 0.4) is 0 Å². The summed E-state index contributed by atoms with van der Waals surface area (Å²) in [5.41, 5.74) is 1.07. The van der Waals surface area contributed by atoms with E-state index in [4.69, 9.17) is 11.6 Å². The van der Waals surface area contributed by atoms with Crippen LogP contribution < -0.4 is 10.6 Å². The molecule has 7 heteroatoms. The van der Waals surface area contributed by atoms with Gasteiger partial charge in [0.1, 0.15) is 5.60 Å². The minimum absolute atomic E-state index is 0.118. The molecule has 3 N–H and O–H groups in total. The Labute approximate surface area is 165 Å². The van der Waals surface area contributed by atoms with E-state index in [1.165, 1.54) is 5.56 Å². The lowest BCUT2D eigenvalue weighted by atomic mass is 9.96. The SMILES string of the molecule is CCNC(=NCC(C)(O)c1cnn(C)c1)NCC1(c2cccc(Cl)c2)CC1. The van der Waals surface area contributed by atoms with E-state index < -0.39 is 5.60 Å². The summed E-state index contributed by atoms with van der Waals surface area (Å²) in [4.78, 5) is 4.59. The molecule has 0 saturated heterocycles. The van der Waals surface area contributed by atoms with Gasteiger partial charge in [0, 0.05) is 42.3 Å². The molecule has 27 heavy (non-hydrogen) atoms. The van der Waals surface area contributed by atoms with Crippen LogP contribution in [0.15, 0.2) is 41.7 Å². The molecule has 0 aliphatic heterocycles. The Morgan fingerprint density at radius 2 is 2.19 bits per heavy atom. The third-order valence-electron chi connectivity index (χ3n) is 5.10. The third-order valence-corrected chi connectivity index (χ3v) is 5.34. The molecule has 3 rings (SSSR count). The lowest BCUT2D eigenvalue weighted by Gasteiger charge is -2.22. The van der Waals surface area contributed by atoms with Crippen LogP contribution in [-0.4, -0.2) is 40.5 Å². The Morgan fingerprint density at radius 3 is 2.78 bits per heavy atom. The predicted octanol–water partition coefficient (Wildman–Crippen LogP) is 2.57. The highest BCUT2D eigenvalue weighted by atomic mass is 35.5. The van der Waals surface area contributed by atoms with Crippen molar-refractivity contribution in [1.82, 2.24) is 20.4 Å². The van der Waals surface area contributed by atoms with Gasteiger partial charge in [0.15, 0.2) is 5.96 Å². The van der Waals surface area contributed by atoms with Crippen LogP contribution in [0.5, 0.6) is 0 Å². The number of nitrogens with one attached hydrogen (secondary N) is 2. The summed E-state index contributed by atoms with van der Waals surface area (Å²) >= 11 is 6.16. The van der Waals surface area contributed by atoms with E-state index in [1.54, 1.807) is 17.8 Å². The van der Waals surface area contributed by atoms with Crippen LogP contribution in [-0.2, 0) is 18.1 Å². The monoisotopic (exact) mass is 389 g/mol. The zero-order chi connectivity index (χ0) is 19.5.